The highest BCUT2D eigenvalue weighted by atomic mass is 16.7. The van der Waals surface area contributed by atoms with Crippen molar-refractivity contribution in [3.63, 3.8) is 0 Å². The molecular formula is C20H23N3O4. The third kappa shape index (κ3) is 4.19. The molecule has 7 heteroatoms. The molecule has 2 atom stereocenters. The number of fused-ring (bicyclic) bond motifs is 1. The molecule has 7 nitrogen and oxygen atoms in total. The van der Waals surface area contributed by atoms with Gasteiger partial charge in [0.1, 0.15) is 6.04 Å². The van der Waals surface area contributed by atoms with Gasteiger partial charge in [-0.25, -0.2) is 0 Å². The number of amides is 2. The molecule has 2 amide bonds. The molecule has 3 rings (SSSR count). The van der Waals surface area contributed by atoms with Crippen molar-refractivity contribution in [1.29, 1.82) is 0 Å². The van der Waals surface area contributed by atoms with Crippen molar-refractivity contribution in [2.45, 2.75) is 32.4 Å². The highest BCUT2D eigenvalue weighted by Gasteiger charge is 2.31. The number of nitrogens with one attached hydrogen (secondary N) is 1. The minimum atomic E-state index is -0.580. The van der Waals surface area contributed by atoms with E-state index in [4.69, 9.17) is 9.57 Å². The molecule has 1 aliphatic heterocycles. The van der Waals surface area contributed by atoms with Gasteiger partial charge in [0.2, 0.25) is 11.8 Å². The van der Waals surface area contributed by atoms with Gasteiger partial charge in [0.05, 0.1) is 20.1 Å². The summed E-state index contributed by atoms with van der Waals surface area (Å²) in [6.45, 7) is 3.24. The van der Waals surface area contributed by atoms with Crippen molar-refractivity contribution >= 4 is 34.2 Å². The molecule has 0 saturated carbocycles. The van der Waals surface area contributed by atoms with Crippen LogP contribution in [0.4, 0.5) is 5.69 Å². The van der Waals surface area contributed by atoms with Crippen LogP contribution in [0.15, 0.2) is 47.6 Å². The molecule has 0 fully saturated rings. The fraction of sp³-hybridized carbons (Fsp3) is 0.350. The van der Waals surface area contributed by atoms with Crippen LogP contribution in [0.5, 0.6) is 0 Å². The molecule has 1 unspecified atom stereocenters. The molecule has 142 valence electrons. The van der Waals surface area contributed by atoms with Crippen molar-refractivity contribution in [2.24, 2.45) is 5.16 Å². The summed E-state index contributed by atoms with van der Waals surface area (Å²) >= 11 is 0. The van der Waals surface area contributed by atoms with Crippen LogP contribution in [0.1, 0.15) is 20.3 Å². The minimum absolute atomic E-state index is 0.131. The first-order valence-corrected chi connectivity index (χ1v) is 8.82. The number of oxime groups is 1. The quantitative estimate of drug-likeness (QED) is 0.877. The Hall–Kier alpha value is -3.09. The molecule has 0 spiro atoms. The molecule has 1 N–H and O–H groups in total. The maximum Gasteiger partial charge on any atom is 0.251 e. The predicted molar refractivity (Wildman–Crippen MR) is 103 cm³/mol. The fourth-order valence-corrected chi connectivity index (χ4v) is 3.08. The summed E-state index contributed by atoms with van der Waals surface area (Å²) in [5.41, 5.74) is 0.847. The third-order valence-corrected chi connectivity index (χ3v) is 4.51. The zero-order chi connectivity index (χ0) is 19.4. The lowest BCUT2D eigenvalue weighted by Crippen LogP contribution is -2.47. The Balaban J connectivity index is 1.71. The van der Waals surface area contributed by atoms with Crippen molar-refractivity contribution in [1.82, 2.24) is 4.90 Å². The van der Waals surface area contributed by atoms with Crippen LogP contribution in [0.25, 0.3) is 10.8 Å². The predicted octanol–water partition coefficient (Wildman–Crippen LogP) is 2.76. The summed E-state index contributed by atoms with van der Waals surface area (Å²) in [6.07, 6.45) is 0.0381. The van der Waals surface area contributed by atoms with E-state index >= 15 is 0 Å². The van der Waals surface area contributed by atoms with Crippen LogP contribution in [0.2, 0.25) is 0 Å². The average Bonchev–Trinajstić information content (AvgIpc) is 3.13. The maximum atomic E-state index is 12.9. The highest BCUT2D eigenvalue weighted by molar-refractivity contribution is 6.00. The van der Waals surface area contributed by atoms with Gasteiger partial charge in [0.15, 0.2) is 6.10 Å². The summed E-state index contributed by atoms with van der Waals surface area (Å²) in [4.78, 5) is 31.4. The molecule has 0 aromatic heterocycles. The van der Waals surface area contributed by atoms with Crippen LogP contribution in [0, 0.1) is 0 Å². The molecule has 0 bridgehead atoms. The minimum Gasteiger partial charge on any atom is -0.482 e. The van der Waals surface area contributed by atoms with Gasteiger partial charge in [0, 0.05) is 18.0 Å². The summed E-state index contributed by atoms with van der Waals surface area (Å²) < 4.78 is 5.04. The Bertz CT molecular complexity index is 875. The van der Waals surface area contributed by atoms with E-state index < -0.39 is 12.1 Å². The maximum absolute atomic E-state index is 12.9. The molecule has 1 heterocycles. The lowest BCUT2D eigenvalue weighted by atomic mass is 10.1. The standard InChI is InChI=1S/C20H23N3O4/c1-13(21-18-10-6-8-15-7-4-5-9-17(15)18)20(25)23(14(2)24)12-16-11-19(26-3)22-27-16/h4-10,13,16,21H,11-12H2,1-3H3/t13-,16?/m0/s1. The molecule has 2 aromatic carbocycles. The van der Waals surface area contributed by atoms with Crippen LogP contribution in [-0.4, -0.2) is 48.4 Å². The SMILES string of the molecule is COC1=NOC(CN(C(C)=O)C(=O)[C@H](C)Nc2cccc3ccccc23)C1. The second-order valence-electron chi connectivity index (χ2n) is 6.48. The van der Waals surface area contributed by atoms with E-state index in [1.165, 1.54) is 18.9 Å². The number of benzene rings is 2. The highest BCUT2D eigenvalue weighted by Crippen LogP contribution is 2.24. The Morgan fingerprint density at radius 3 is 2.74 bits per heavy atom. The lowest BCUT2D eigenvalue weighted by Gasteiger charge is -2.25. The topological polar surface area (TPSA) is 80.2 Å². The Morgan fingerprint density at radius 2 is 2.04 bits per heavy atom. The summed E-state index contributed by atoms with van der Waals surface area (Å²) in [5.74, 6) is -0.191. The Labute approximate surface area is 157 Å². The first-order chi connectivity index (χ1) is 13.0. The molecule has 2 aromatic rings. The van der Waals surface area contributed by atoms with E-state index in [1.54, 1.807) is 6.92 Å². The van der Waals surface area contributed by atoms with Crippen molar-refractivity contribution < 1.29 is 19.2 Å². The second kappa shape index (κ2) is 8.07. The smallest absolute Gasteiger partial charge is 0.251 e. The number of carbonyl (C=O) groups excluding carboxylic acids is 2. The number of carbonyl (C=O) groups is 2. The van der Waals surface area contributed by atoms with Gasteiger partial charge >= 0.3 is 0 Å². The van der Waals surface area contributed by atoms with Gasteiger partial charge in [-0.1, -0.05) is 41.6 Å². The number of hydrogen-bond acceptors (Lipinski definition) is 6. The summed E-state index contributed by atoms with van der Waals surface area (Å²) in [5, 5.41) is 9.11. The van der Waals surface area contributed by atoms with Crippen LogP contribution >= 0.6 is 0 Å². The van der Waals surface area contributed by atoms with E-state index in [-0.39, 0.29) is 18.4 Å². The number of anilines is 1. The van der Waals surface area contributed by atoms with Crippen molar-refractivity contribution in [3.05, 3.63) is 42.5 Å². The van der Waals surface area contributed by atoms with Gasteiger partial charge in [-0.15, -0.1) is 0 Å². The number of hydrogen-bond donors (Lipinski definition) is 1. The largest absolute Gasteiger partial charge is 0.482 e. The summed E-state index contributed by atoms with van der Waals surface area (Å²) in [7, 11) is 1.51. The van der Waals surface area contributed by atoms with Gasteiger partial charge in [-0.05, 0) is 18.4 Å². The zero-order valence-corrected chi connectivity index (χ0v) is 15.6. The van der Waals surface area contributed by atoms with Crippen molar-refractivity contribution in [3.8, 4) is 0 Å². The molecule has 0 saturated heterocycles. The van der Waals surface area contributed by atoms with Crippen LogP contribution in [-0.2, 0) is 19.2 Å². The normalized spacial score (nSPS) is 17.0. The van der Waals surface area contributed by atoms with Gasteiger partial charge in [-0.2, -0.15) is 0 Å². The van der Waals surface area contributed by atoms with Crippen LogP contribution in [0.3, 0.4) is 0 Å². The second-order valence-corrected chi connectivity index (χ2v) is 6.48. The third-order valence-electron chi connectivity index (χ3n) is 4.51. The molecule has 0 radical (unpaired) electrons. The first-order valence-electron chi connectivity index (χ1n) is 8.82. The molecule has 1 aliphatic rings. The number of ether oxygens (including phenoxy) is 1. The van der Waals surface area contributed by atoms with E-state index in [2.05, 4.69) is 10.5 Å². The van der Waals surface area contributed by atoms with Crippen molar-refractivity contribution in [2.75, 3.05) is 19.0 Å². The van der Waals surface area contributed by atoms with Crippen LogP contribution < -0.4 is 5.32 Å². The lowest BCUT2D eigenvalue weighted by molar-refractivity contribution is -0.145. The number of nitrogens with zero attached hydrogens (tertiary/aromatic N) is 2. The van der Waals surface area contributed by atoms with Gasteiger partial charge in [-0.3, -0.25) is 14.5 Å². The van der Waals surface area contributed by atoms with E-state index in [1.807, 2.05) is 42.5 Å². The molecule has 27 heavy (non-hydrogen) atoms. The average molecular weight is 369 g/mol. The fourth-order valence-electron chi connectivity index (χ4n) is 3.08. The van der Waals surface area contributed by atoms with E-state index in [0.717, 1.165) is 16.5 Å². The van der Waals surface area contributed by atoms with E-state index in [0.29, 0.717) is 12.3 Å². The number of rotatable bonds is 5. The van der Waals surface area contributed by atoms with Gasteiger partial charge < -0.3 is 14.9 Å². The first kappa shape index (κ1) is 18.7. The molecule has 0 aliphatic carbocycles. The number of methoxy groups -OCH3 is 1. The zero-order valence-electron chi connectivity index (χ0n) is 15.6. The number of imide groups is 1. The Kier molecular flexibility index (Phi) is 5.59. The molecular weight excluding hydrogens is 346 g/mol. The summed E-state index contributed by atoms with van der Waals surface area (Å²) in [6, 6.07) is 13.2. The van der Waals surface area contributed by atoms with Gasteiger partial charge in [0.25, 0.3) is 5.91 Å². The van der Waals surface area contributed by atoms with E-state index in [9.17, 15) is 9.59 Å². The Morgan fingerprint density at radius 1 is 1.30 bits per heavy atom. The monoisotopic (exact) mass is 369 g/mol.